The Bertz CT molecular complexity index is 656. The quantitative estimate of drug-likeness (QED) is 0.856. The minimum absolute atomic E-state index is 0.0997. The van der Waals surface area contributed by atoms with Crippen molar-refractivity contribution in [2.24, 2.45) is 7.05 Å². The third kappa shape index (κ3) is 2.63. The zero-order chi connectivity index (χ0) is 15.0. The molecular formula is C13H14BrF2N3O. The van der Waals surface area contributed by atoms with Crippen molar-refractivity contribution in [3.63, 3.8) is 0 Å². The lowest BCUT2D eigenvalue weighted by molar-refractivity contribution is 0.388. The van der Waals surface area contributed by atoms with E-state index in [4.69, 9.17) is 10.5 Å². The Morgan fingerprint density at radius 2 is 2.00 bits per heavy atom. The Kier molecular flexibility index (Phi) is 3.99. The van der Waals surface area contributed by atoms with Crippen molar-refractivity contribution in [2.75, 3.05) is 5.73 Å². The number of nitrogens with two attached hydrogens (primary N) is 1. The fourth-order valence-electron chi connectivity index (χ4n) is 1.80. The van der Waals surface area contributed by atoms with Crippen LogP contribution in [0.2, 0.25) is 0 Å². The van der Waals surface area contributed by atoms with Crippen molar-refractivity contribution in [1.29, 1.82) is 0 Å². The van der Waals surface area contributed by atoms with Crippen LogP contribution in [0, 0.1) is 11.6 Å². The van der Waals surface area contributed by atoms with E-state index in [1.54, 1.807) is 7.05 Å². The molecule has 0 aliphatic carbocycles. The summed E-state index contributed by atoms with van der Waals surface area (Å²) in [6.07, 6.45) is 0. The summed E-state index contributed by atoms with van der Waals surface area (Å²) in [7, 11) is 1.63. The standard InChI is InChI=1S/C13H14BrF2N3O/c1-6(2)12-11(17)13(19(3)18-12)20-9-5-7(14)4-8(15)10(9)16/h4-6H,17H2,1-3H3. The molecule has 0 saturated heterocycles. The zero-order valence-corrected chi connectivity index (χ0v) is 12.8. The molecule has 0 amide bonds. The van der Waals surface area contributed by atoms with Gasteiger partial charge >= 0.3 is 0 Å². The summed E-state index contributed by atoms with van der Waals surface area (Å²) >= 11 is 3.09. The molecule has 0 aliphatic heterocycles. The van der Waals surface area contributed by atoms with E-state index in [1.165, 1.54) is 10.7 Å². The van der Waals surface area contributed by atoms with Gasteiger partial charge in [-0.15, -0.1) is 0 Å². The first-order valence-corrected chi connectivity index (χ1v) is 6.75. The maximum absolute atomic E-state index is 13.7. The molecule has 0 aliphatic rings. The number of nitrogen functional groups attached to an aromatic ring is 1. The third-order valence-electron chi connectivity index (χ3n) is 2.77. The number of ether oxygens (including phenoxy) is 1. The topological polar surface area (TPSA) is 53.1 Å². The van der Waals surface area contributed by atoms with E-state index < -0.39 is 11.6 Å². The number of hydrogen-bond donors (Lipinski definition) is 1. The Hall–Kier alpha value is -1.63. The van der Waals surface area contributed by atoms with E-state index in [0.717, 1.165) is 6.07 Å². The van der Waals surface area contributed by atoms with Crippen molar-refractivity contribution >= 4 is 21.6 Å². The molecule has 0 radical (unpaired) electrons. The van der Waals surface area contributed by atoms with Crippen LogP contribution >= 0.6 is 15.9 Å². The first-order valence-electron chi connectivity index (χ1n) is 5.96. The number of aromatic nitrogens is 2. The van der Waals surface area contributed by atoms with E-state index in [9.17, 15) is 8.78 Å². The number of anilines is 1. The van der Waals surface area contributed by atoms with Crippen molar-refractivity contribution in [1.82, 2.24) is 9.78 Å². The number of hydrogen-bond acceptors (Lipinski definition) is 3. The zero-order valence-electron chi connectivity index (χ0n) is 11.2. The van der Waals surface area contributed by atoms with Crippen LogP contribution in [0.3, 0.4) is 0 Å². The molecule has 2 aromatic rings. The molecule has 0 bridgehead atoms. The maximum Gasteiger partial charge on any atom is 0.241 e. The minimum Gasteiger partial charge on any atom is -0.434 e. The molecular weight excluding hydrogens is 332 g/mol. The highest BCUT2D eigenvalue weighted by atomic mass is 79.9. The first kappa shape index (κ1) is 14.8. The van der Waals surface area contributed by atoms with Crippen molar-refractivity contribution in [3.8, 4) is 11.6 Å². The largest absolute Gasteiger partial charge is 0.434 e. The van der Waals surface area contributed by atoms with Crippen LogP contribution in [0.1, 0.15) is 25.5 Å². The van der Waals surface area contributed by atoms with Gasteiger partial charge in [-0.25, -0.2) is 9.07 Å². The Balaban J connectivity index is 2.45. The lowest BCUT2D eigenvalue weighted by Gasteiger charge is -2.09. The predicted octanol–water partition coefficient (Wildman–Crippen LogP) is 3.96. The summed E-state index contributed by atoms with van der Waals surface area (Å²) in [6.45, 7) is 3.86. The lowest BCUT2D eigenvalue weighted by Crippen LogP contribution is -1.99. The SMILES string of the molecule is CC(C)c1nn(C)c(Oc2cc(Br)cc(F)c2F)c1N. The summed E-state index contributed by atoms with van der Waals surface area (Å²) in [5.41, 5.74) is 6.92. The first-order chi connectivity index (χ1) is 9.31. The predicted molar refractivity (Wildman–Crippen MR) is 75.8 cm³/mol. The molecule has 0 saturated carbocycles. The van der Waals surface area contributed by atoms with Crippen molar-refractivity contribution in [2.45, 2.75) is 19.8 Å². The summed E-state index contributed by atoms with van der Waals surface area (Å²) in [6, 6.07) is 2.36. The molecule has 0 unspecified atom stereocenters. The average Bonchev–Trinajstić information content (AvgIpc) is 2.63. The molecule has 2 rings (SSSR count). The van der Waals surface area contributed by atoms with Crippen LogP contribution in [0.25, 0.3) is 0 Å². The van der Waals surface area contributed by atoms with Crippen LogP contribution < -0.4 is 10.5 Å². The van der Waals surface area contributed by atoms with Gasteiger partial charge in [0.1, 0.15) is 5.69 Å². The van der Waals surface area contributed by atoms with Crippen molar-refractivity contribution < 1.29 is 13.5 Å². The monoisotopic (exact) mass is 345 g/mol. The second kappa shape index (κ2) is 5.40. The molecule has 1 aromatic carbocycles. The second-order valence-electron chi connectivity index (χ2n) is 4.68. The summed E-state index contributed by atoms with van der Waals surface area (Å²) in [5, 5.41) is 4.22. The number of nitrogens with zero attached hydrogens (tertiary/aromatic N) is 2. The number of rotatable bonds is 3. The average molecular weight is 346 g/mol. The minimum atomic E-state index is -1.07. The van der Waals surface area contributed by atoms with Crippen LogP contribution in [0.15, 0.2) is 16.6 Å². The Morgan fingerprint density at radius 3 is 2.55 bits per heavy atom. The van der Waals surface area contributed by atoms with E-state index in [2.05, 4.69) is 21.0 Å². The highest BCUT2D eigenvalue weighted by molar-refractivity contribution is 9.10. The molecule has 0 atom stereocenters. The summed E-state index contributed by atoms with van der Waals surface area (Å²) < 4.78 is 34.2. The lowest BCUT2D eigenvalue weighted by atomic mass is 10.1. The van der Waals surface area contributed by atoms with Gasteiger partial charge in [0, 0.05) is 11.5 Å². The normalized spacial score (nSPS) is 11.2. The van der Waals surface area contributed by atoms with Gasteiger partial charge in [0.2, 0.25) is 11.7 Å². The fraction of sp³-hybridized carbons (Fsp3) is 0.308. The number of halogens is 3. The van der Waals surface area contributed by atoms with Gasteiger partial charge < -0.3 is 10.5 Å². The van der Waals surface area contributed by atoms with Crippen molar-refractivity contribution in [3.05, 3.63) is 33.9 Å². The van der Waals surface area contributed by atoms with Crippen LogP contribution in [-0.4, -0.2) is 9.78 Å². The second-order valence-corrected chi connectivity index (χ2v) is 5.60. The molecule has 4 nitrogen and oxygen atoms in total. The van der Waals surface area contributed by atoms with Crippen LogP contribution in [0.5, 0.6) is 11.6 Å². The molecule has 0 spiro atoms. The van der Waals surface area contributed by atoms with Gasteiger partial charge in [-0.05, 0) is 18.1 Å². The van der Waals surface area contributed by atoms with Gasteiger partial charge in [0.25, 0.3) is 0 Å². The molecule has 0 fully saturated rings. The van der Waals surface area contributed by atoms with E-state index in [-0.39, 0.29) is 17.5 Å². The number of benzene rings is 1. The molecule has 108 valence electrons. The number of aryl methyl sites for hydroxylation is 1. The maximum atomic E-state index is 13.7. The Morgan fingerprint density at radius 1 is 1.35 bits per heavy atom. The molecule has 2 N–H and O–H groups in total. The summed E-state index contributed by atoms with van der Waals surface area (Å²) in [4.78, 5) is 0. The highest BCUT2D eigenvalue weighted by Gasteiger charge is 2.20. The van der Waals surface area contributed by atoms with Gasteiger partial charge in [-0.3, -0.25) is 0 Å². The van der Waals surface area contributed by atoms with Gasteiger partial charge in [-0.2, -0.15) is 9.49 Å². The van der Waals surface area contributed by atoms with E-state index in [0.29, 0.717) is 15.9 Å². The van der Waals surface area contributed by atoms with Gasteiger partial charge in [0.15, 0.2) is 11.6 Å². The fourth-order valence-corrected chi connectivity index (χ4v) is 2.21. The highest BCUT2D eigenvalue weighted by Crippen LogP contribution is 2.35. The van der Waals surface area contributed by atoms with Crippen LogP contribution in [-0.2, 0) is 7.05 Å². The molecule has 20 heavy (non-hydrogen) atoms. The van der Waals surface area contributed by atoms with E-state index in [1.807, 2.05) is 13.8 Å². The third-order valence-corrected chi connectivity index (χ3v) is 3.23. The Labute approximate surface area is 123 Å². The molecule has 1 heterocycles. The molecule has 1 aromatic heterocycles. The van der Waals surface area contributed by atoms with E-state index >= 15 is 0 Å². The van der Waals surface area contributed by atoms with Gasteiger partial charge in [-0.1, -0.05) is 29.8 Å². The van der Waals surface area contributed by atoms with Crippen LogP contribution in [0.4, 0.5) is 14.5 Å². The smallest absolute Gasteiger partial charge is 0.241 e. The summed E-state index contributed by atoms with van der Waals surface area (Å²) in [5.74, 6) is -2.03. The van der Waals surface area contributed by atoms with Gasteiger partial charge in [0.05, 0.1) is 5.69 Å². The molecule has 7 heteroatoms.